The molecular weight excluding hydrogens is 348 g/mol. The molecule has 1 atom stereocenters. The van der Waals surface area contributed by atoms with Gasteiger partial charge in [0, 0.05) is 28.2 Å². The predicted molar refractivity (Wildman–Crippen MR) is 103 cm³/mol. The fraction of sp³-hybridized carbons (Fsp3) is 0.381. The topological polar surface area (TPSA) is 63.6 Å². The van der Waals surface area contributed by atoms with Gasteiger partial charge in [0.05, 0.1) is 18.1 Å². The summed E-state index contributed by atoms with van der Waals surface area (Å²) in [5.74, 6) is 0.572. The first-order valence-electron chi connectivity index (χ1n) is 9.05. The first kappa shape index (κ1) is 18.5. The quantitative estimate of drug-likeness (QED) is 0.584. The minimum absolute atomic E-state index is 0.0207. The van der Waals surface area contributed by atoms with E-state index in [2.05, 4.69) is 13.0 Å². The van der Waals surface area contributed by atoms with E-state index >= 15 is 0 Å². The highest BCUT2D eigenvalue weighted by molar-refractivity contribution is 7.12. The lowest BCUT2D eigenvalue weighted by molar-refractivity contribution is 0.386. The molecule has 0 amide bonds. The Morgan fingerprint density at radius 2 is 2.00 bits per heavy atom. The molecule has 0 aliphatic carbocycles. The molecule has 4 nitrogen and oxygen atoms in total. The Balaban J connectivity index is 1.81. The van der Waals surface area contributed by atoms with E-state index in [1.807, 2.05) is 19.1 Å². The van der Waals surface area contributed by atoms with Gasteiger partial charge in [0.15, 0.2) is 0 Å². The van der Waals surface area contributed by atoms with Crippen molar-refractivity contribution in [3.8, 4) is 5.75 Å². The molecule has 5 heteroatoms. The summed E-state index contributed by atoms with van der Waals surface area (Å²) in [5, 5.41) is 10.4. The zero-order valence-electron chi connectivity index (χ0n) is 15.2. The van der Waals surface area contributed by atoms with E-state index in [4.69, 9.17) is 8.83 Å². The zero-order chi connectivity index (χ0) is 18.5. The summed E-state index contributed by atoms with van der Waals surface area (Å²) >= 11 is 1.69. The minimum Gasteiger partial charge on any atom is -0.507 e. The van der Waals surface area contributed by atoms with Crippen LogP contribution in [-0.4, -0.2) is 5.11 Å². The summed E-state index contributed by atoms with van der Waals surface area (Å²) < 4.78 is 10.7. The molecule has 3 heterocycles. The van der Waals surface area contributed by atoms with Gasteiger partial charge in [0.25, 0.3) is 0 Å². The monoisotopic (exact) mass is 372 g/mol. The van der Waals surface area contributed by atoms with E-state index in [0.717, 1.165) is 29.7 Å². The molecule has 3 aromatic heterocycles. The van der Waals surface area contributed by atoms with Gasteiger partial charge in [-0.1, -0.05) is 20.3 Å². The van der Waals surface area contributed by atoms with Gasteiger partial charge in [0.2, 0.25) is 0 Å². The van der Waals surface area contributed by atoms with Crippen LogP contribution in [0.5, 0.6) is 5.75 Å². The van der Waals surface area contributed by atoms with E-state index in [0.29, 0.717) is 24.2 Å². The van der Waals surface area contributed by atoms with Crippen molar-refractivity contribution in [1.82, 2.24) is 0 Å². The van der Waals surface area contributed by atoms with Crippen LogP contribution < -0.4 is 5.63 Å². The molecule has 0 aromatic carbocycles. The van der Waals surface area contributed by atoms with Crippen molar-refractivity contribution in [3.63, 3.8) is 0 Å². The van der Waals surface area contributed by atoms with Crippen molar-refractivity contribution < 1.29 is 13.9 Å². The molecule has 1 unspecified atom stereocenters. The number of hydrogen-bond acceptors (Lipinski definition) is 5. The molecule has 3 rings (SSSR count). The van der Waals surface area contributed by atoms with Crippen LogP contribution in [0.3, 0.4) is 0 Å². The molecule has 0 bridgehead atoms. The average Bonchev–Trinajstić information content (AvgIpc) is 3.28. The van der Waals surface area contributed by atoms with E-state index in [1.54, 1.807) is 29.9 Å². The molecule has 0 saturated heterocycles. The Hall–Kier alpha value is -2.27. The number of aryl methyl sites for hydroxylation is 1. The Bertz CT molecular complexity index is 889. The summed E-state index contributed by atoms with van der Waals surface area (Å²) in [7, 11) is 0. The van der Waals surface area contributed by atoms with E-state index in [9.17, 15) is 9.90 Å². The van der Waals surface area contributed by atoms with E-state index in [-0.39, 0.29) is 11.7 Å². The Morgan fingerprint density at radius 3 is 2.65 bits per heavy atom. The number of rotatable bonds is 8. The van der Waals surface area contributed by atoms with Crippen molar-refractivity contribution in [2.45, 2.75) is 51.9 Å². The lowest BCUT2D eigenvalue weighted by Crippen LogP contribution is -2.12. The van der Waals surface area contributed by atoms with Crippen LogP contribution in [0.4, 0.5) is 0 Å². The zero-order valence-corrected chi connectivity index (χ0v) is 16.0. The number of thiophene rings is 1. The van der Waals surface area contributed by atoms with Gasteiger partial charge >= 0.3 is 5.63 Å². The second-order valence-electron chi connectivity index (χ2n) is 6.54. The number of furan rings is 1. The van der Waals surface area contributed by atoms with Gasteiger partial charge < -0.3 is 13.9 Å². The third-order valence-electron chi connectivity index (χ3n) is 4.57. The lowest BCUT2D eigenvalue weighted by Gasteiger charge is -2.14. The molecule has 138 valence electrons. The van der Waals surface area contributed by atoms with Gasteiger partial charge in [0.1, 0.15) is 11.5 Å². The molecule has 0 aliphatic heterocycles. The van der Waals surface area contributed by atoms with Gasteiger partial charge in [-0.25, -0.2) is 4.79 Å². The van der Waals surface area contributed by atoms with E-state index < -0.39 is 5.63 Å². The van der Waals surface area contributed by atoms with Crippen LogP contribution in [0, 0.1) is 0 Å². The van der Waals surface area contributed by atoms with Crippen molar-refractivity contribution >= 4 is 11.3 Å². The summed E-state index contributed by atoms with van der Waals surface area (Å²) in [6, 6.07) is 7.62. The molecule has 0 radical (unpaired) electrons. The second kappa shape index (κ2) is 8.41. The highest BCUT2D eigenvalue weighted by Gasteiger charge is 2.19. The largest absolute Gasteiger partial charge is 0.507 e. The maximum absolute atomic E-state index is 12.5. The molecule has 0 spiro atoms. The van der Waals surface area contributed by atoms with Gasteiger partial charge in [-0.2, -0.15) is 0 Å². The fourth-order valence-electron chi connectivity index (χ4n) is 3.10. The Labute approximate surface area is 157 Å². The van der Waals surface area contributed by atoms with Crippen molar-refractivity contribution in [2.24, 2.45) is 0 Å². The van der Waals surface area contributed by atoms with Crippen LogP contribution in [0.1, 0.15) is 59.2 Å². The molecule has 0 aliphatic rings. The first-order chi connectivity index (χ1) is 12.6. The maximum Gasteiger partial charge on any atom is 0.343 e. The van der Waals surface area contributed by atoms with Crippen LogP contribution >= 0.6 is 11.3 Å². The van der Waals surface area contributed by atoms with Crippen molar-refractivity contribution in [3.05, 3.63) is 73.9 Å². The molecule has 3 aromatic rings. The maximum atomic E-state index is 12.5. The molecular formula is C21H24O4S. The third kappa shape index (κ3) is 4.28. The predicted octanol–water partition coefficient (Wildman–Crippen LogP) is 5.28. The van der Waals surface area contributed by atoms with Gasteiger partial charge in [-0.05, 0) is 43.0 Å². The van der Waals surface area contributed by atoms with Crippen LogP contribution in [0.15, 0.2) is 50.4 Å². The van der Waals surface area contributed by atoms with Gasteiger partial charge in [-0.15, -0.1) is 11.3 Å². The fourth-order valence-corrected chi connectivity index (χ4v) is 4.23. The summed E-state index contributed by atoms with van der Waals surface area (Å²) in [5.41, 5.74) is 0.929. The standard InChI is InChI=1S/C21H24O4S/c1-3-5-16-6-7-17(26-16)11-18-19(22)12-20(25-21(18)23)15(4-2)10-14-8-9-24-13-14/h6-9,12-13,15,22H,3-5,10-11H2,1-2H3. The molecule has 0 fully saturated rings. The minimum atomic E-state index is -0.448. The number of aromatic hydroxyl groups is 1. The van der Waals surface area contributed by atoms with Crippen LogP contribution in [0.2, 0.25) is 0 Å². The van der Waals surface area contributed by atoms with Gasteiger partial charge in [-0.3, -0.25) is 0 Å². The summed E-state index contributed by atoms with van der Waals surface area (Å²) in [4.78, 5) is 14.8. The smallest absolute Gasteiger partial charge is 0.343 e. The SMILES string of the molecule is CCCc1ccc(Cc2c(O)cc(C(CC)Cc3ccoc3)oc2=O)s1. The highest BCUT2D eigenvalue weighted by atomic mass is 32.1. The second-order valence-corrected chi connectivity index (χ2v) is 7.79. The van der Waals surface area contributed by atoms with Crippen LogP contribution in [0.25, 0.3) is 0 Å². The molecule has 1 N–H and O–H groups in total. The average molecular weight is 372 g/mol. The Kier molecular flexibility index (Phi) is 5.99. The first-order valence-corrected chi connectivity index (χ1v) is 9.86. The van der Waals surface area contributed by atoms with Crippen molar-refractivity contribution in [2.75, 3.05) is 0 Å². The van der Waals surface area contributed by atoms with Crippen LogP contribution in [-0.2, 0) is 19.3 Å². The summed E-state index contributed by atoms with van der Waals surface area (Å²) in [6.07, 6.45) is 7.37. The highest BCUT2D eigenvalue weighted by Crippen LogP contribution is 2.29. The summed E-state index contributed by atoms with van der Waals surface area (Å²) in [6.45, 7) is 4.18. The lowest BCUT2D eigenvalue weighted by atomic mass is 9.95. The molecule has 0 saturated carbocycles. The number of hydrogen-bond donors (Lipinski definition) is 1. The Morgan fingerprint density at radius 1 is 1.19 bits per heavy atom. The normalized spacial score (nSPS) is 12.4. The van der Waals surface area contributed by atoms with E-state index in [1.165, 1.54) is 4.88 Å². The molecule has 26 heavy (non-hydrogen) atoms. The van der Waals surface area contributed by atoms with Crippen molar-refractivity contribution in [1.29, 1.82) is 0 Å². The third-order valence-corrected chi connectivity index (χ3v) is 5.71.